The highest BCUT2D eigenvalue weighted by Crippen LogP contribution is 1.94. The average molecular weight is 122 g/mol. The van der Waals surface area contributed by atoms with Crippen molar-refractivity contribution in [2.24, 2.45) is 0 Å². The molecular weight excluding hydrogens is 112 g/mol. The maximum Gasteiger partial charge on any atom is 0.180 e. The summed E-state index contributed by atoms with van der Waals surface area (Å²) in [6, 6.07) is 0. The third kappa shape index (κ3) is 2.23. The van der Waals surface area contributed by atoms with Gasteiger partial charge in [0.15, 0.2) is 6.29 Å². The SMILES string of the molecule is C[C@H](O)[C@@H](O)C(O)O. The molecule has 0 heterocycles. The van der Waals surface area contributed by atoms with E-state index in [2.05, 4.69) is 0 Å². The molecule has 0 amide bonds. The Labute approximate surface area is 47.0 Å². The van der Waals surface area contributed by atoms with Gasteiger partial charge in [-0.3, -0.25) is 0 Å². The molecule has 8 heavy (non-hydrogen) atoms. The lowest BCUT2D eigenvalue weighted by molar-refractivity contribution is -0.153. The molecule has 0 saturated carbocycles. The maximum atomic E-state index is 8.45. The summed E-state index contributed by atoms with van der Waals surface area (Å²) in [5.41, 5.74) is 0. The van der Waals surface area contributed by atoms with Gasteiger partial charge in [0.25, 0.3) is 0 Å². The second-order valence-corrected chi connectivity index (χ2v) is 1.64. The summed E-state index contributed by atoms with van der Waals surface area (Å²) in [6.07, 6.45) is -4.42. The molecule has 0 aromatic rings. The minimum Gasteiger partial charge on any atom is -0.391 e. The number of hydrogen-bond acceptors (Lipinski definition) is 4. The van der Waals surface area contributed by atoms with Gasteiger partial charge in [0.2, 0.25) is 0 Å². The Morgan fingerprint density at radius 3 is 1.38 bits per heavy atom. The summed E-state index contributed by atoms with van der Waals surface area (Å²) in [5, 5.41) is 33.1. The van der Waals surface area contributed by atoms with E-state index in [4.69, 9.17) is 20.4 Å². The minimum atomic E-state index is -1.85. The smallest absolute Gasteiger partial charge is 0.180 e. The van der Waals surface area contributed by atoms with Crippen molar-refractivity contribution in [3.05, 3.63) is 0 Å². The molecule has 0 bridgehead atoms. The summed E-state index contributed by atoms with van der Waals surface area (Å²) < 4.78 is 0. The average Bonchev–Trinajstić information content (AvgIpc) is 1.64. The van der Waals surface area contributed by atoms with Crippen LogP contribution in [0.25, 0.3) is 0 Å². The fourth-order valence-corrected chi connectivity index (χ4v) is 0.249. The van der Waals surface area contributed by atoms with Crippen LogP contribution in [0.2, 0.25) is 0 Å². The van der Waals surface area contributed by atoms with Crippen molar-refractivity contribution in [1.82, 2.24) is 0 Å². The molecule has 0 aromatic heterocycles. The molecule has 0 unspecified atom stereocenters. The highest BCUT2D eigenvalue weighted by atomic mass is 16.5. The van der Waals surface area contributed by atoms with Gasteiger partial charge in [0.05, 0.1) is 6.10 Å². The van der Waals surface area contributed by atoms with Crippen molar-refractivity contribution >= 4 is 0 Å². The van der Waals surface area contributed by atoms with E-state index in [1.807, 2.05) is 0 Å². The second-order valence-electron chi connectivity index (χ2n) is 1.64. The van der Waals surface area contributed by atoms with Crippen molar-refractivity contribution in [2.75, 3.05) is 0 Å². The van der Waals surface area contributed by atoms with E-state index >= 15 is 0 Å². The Balaban J connectivity index is 3.46. The van der Waals surface area contributed by atoms with Gasteiger partial charge in [0.1, 0.15) is 6.10 Å². The molecule has 0 fully saturated rings. The van der Waals surface area contributed by atoms with E-state index < -0.39 is 18.5 Å². The number of rotatable bonds is 2. The third-order valence-corrected chi connectivity index (χ3v) is 0.800. The molecule has 0 aliphatic heterocycles. The van der Waals surface area contributed by atoms with Crippen molar-refractivity contribution in [2.45, 2.75) is 25.4 Å². The Hall–Kier alpha value is -0.160. The molecule has 0 rings (SSSR count). The van der Waals surface area contributed by atoms with E-state index in [-0.39, 0.29) is 0 Å². The summed E-state index contributed by atoms with van der Waals surface area (Å²) in [7, 11) is 0. The Morgan fingerprint density at radius 2 is 1.38 bits per heavy atom. The van der Waals surface area contributed by atoms with E-state index in [0.29, 0.717) is 0 Å². The predicted molar refractivity (Wildman–Crippen MR) is 25.9 cm³/mol. The van der Waals surface area contributed by atoms with Crippen LogP contribution in [0.1, 0.15) is 6.92 Å². The van der Waals surface area contributed by atoms with E-state index in [0.717, 1.165) is 0 Å². The molecule has 50 valence electrons. The minimum absolute atomic E-state index is 1.10. The highest BCUT2D eigenvalue weighted by Gasteiger charge is 2.17. The van der Waals surface area contributed by atoms with Gasteiger partial charge in [-0.25, -0.2) is 0 Å². The van der Waals surface area contributed by atoms with E-state index in [1.54, 1.807) is 0 Å². The van der Waals surface area contributed by atoms with Gasteiger partial charge in [-0.2, -0.15) is 0 Å². The standard InChI is InChI=1S/C4H10O4/c1-2(5)3(6)4(7)8/h2-8H,1H3/t2-,3+/m0/s1. The molecule has 0 radical (unpaired) electrons. The largest absolute Gasteiger partial charge is 0.391 e. The van der Waals surface area contributed by atoms with Gasteiger partial charge in [-0.05, 0) is 6.92 Å². The first kappa shape index (κ1) is 7.84. The van der Waals surface area contributed by atoms with Crippen LogP contribution in [0.4, 0.5) is 0 Å². The van der Waals surface area contributed by atoms with Crippen molar-refractivity contribution < 1.29 is 20.4 Å². The molecule has 4 heteroatoms. The topological polar surface area (TPSA) is 80.9 Å². The lowest BCUT2D eigenvalue weighted by Crippen LogP contribution is -2.34. The van der Waals surface area contributed by atoms with Crippen molar-refractivity contribution in [1.29, 1.82) is 0 Å². The maximum absolute atomic E-state index is 8.45. The Kier molecular flexibility index (Phi) is 2.93. The Bertz CT molecular complexity index is 53.1. The summed E-state index contributed by atoms with van der Waals surface area (Å²) in [6.45, 7) is 1.27. The molecule has 0 aromatic carbocycles. The normalized spacial score (nSPS) is 18.8. The quantitative estimate of drug-likeness (QED) is 0.320. The van der Waals surface area contributed by atoms with Crippen molar-refractivity contribution in [3.8, 4) is 0 Å². The Morgan fingerprint density at radius 1 is 1.00 bits per heavy atom. The first-order valence-corrected chi connectivity index (χ1v) is 2.28. The molecule has 0 saturated heterocycles. The zero-order valence-electron chi connectivity index (χ0n) is 4.52. The van der Waals surface area contributed by atoms with Crippen LogP contribution in [-0.2, 0) is 0 Å². The summed E-state index contributed by atoms with van der Waals surface area (Å²) in [4.78, 5) is 0. The zero-order chi connectivity index (χ0) is 6.73. The van der Waals surface area contributed by atoms with Gasteiger partial charge in [-0.1, -0.05) is 0 Å². The van der Waals surface area contributed by atoms with Crippen LogP contribution in [0, 0.1) is 0 Å². The fraction of sp³-hybridized carbons (Fsp3) is 1.00. The van der Waals surface area contributed by atoms with Crippen LogP contribution >= 0.6 is 0 Å². The molecule has 4 nitrogen and oxygen atoms in total. The van der Waals surface area contributed by atoms with Gasteiger partial charge in [-0.15, -0.1) is 0 Å². The molecule has 4 N–H and O–H groups in total. The zero-order valence-corrected chi connectivity index (χ0v) is 4.52. The highest BCUT2D eigenvalue weighted by molar-refractivity contribution is 4.61. The monoisotopic (exact) mass is 122 g/mol. The molecule has 2 atom stereocenters. The van der Waals surface area contributed by atoms with E-state index in [1.165, 1.54) is 6.92 Å². The van der Waals surface area contributed by atoms with Crippen LogP contribution in [0.3, 0.4) is 0 Å². The van der Waals surface area contributed by atoms with Crippen LogP contribution in [0.5, 0.6) is 0 Å². The van der Waals surface area contributed by atoms with Crippen LogP contribution in [-0.4, -0.2) is 38.9 Å². The first-order chi connectivity index (χ1) is 3.55. The van der Waals surface area contributed by atoms with E-state index in [9.17, 15) is 0 Å². The predicted octanol–water partition coefficient (Wildman–Crippen LogP) is -1.96. The van der Waals surface area contributed by atoms with Gasteiger partial charge >= 0.3 is 0 Å². The number of hydrogen-bond donors (Lipinski definition) is 4. The fourth-order valence-electron chi connectivity index (χ4n) is 0.249. The molecular formula is C4H10O4. The number of aliphatic hydroxyl groups is 4. The first-order valence-electron chi connectivity index (χ1n) is 2.28. The van der Waals surface area contributed by atoms with Crippen LogP contribution < -0.4 is 0 Å². The molecule has 0 aliphatic rings. The lowest BCUT2D eigenvalue weighted by Gasteiger charge is -2.14. The summed E-state index contributed by atoms with van der Waals surface area (Å²) >= 11 is 0. The molecule has 0 spiro atoms. The van der Waals surface area contributed by atoms with Gasteiger partial charge < -0.3 is 20.4 Å². The third-order valence-electron chi connectivity index (χ3n) is 0.800. The summed E-state index contributed by atoms with van der Waals surface area (Å²) in [5.74, 6) is 0. The van der Waals surface area contributed by atoms with Crippen LogP contribution in [0.15, 0.2) is 0 Å². The lowest BCUT2D eigenvalue weighted by atomic mass is 10.2. The number of aliphatic hydroxyl groups excluding tert-OH is 3. The second kappa shape index (κ2) is 2.99. The van der Waals surface area contributed by atoms with Crippen molar-refractivity contribution in [3.63, 3.8) is 0 Å². The van der Waals surface area contributed by atoms with Gasteiger partial charge in [0, 0.05) is 0 Å². The molecule has 0 aliphatic carbocycles.